The highest BCUT2D eigenvalue weighted by molar-refractivity contribution is 7.89. The molecule has 0 spiro atoms. The molecule has 1 aromatic carbocycles. The third-order valence-electron chi connectivity index (χ3n) is 3.94. The second kappa shape index (κ2) is 10.8. The molecule has 1 saturated heterocycles. The molecule has 9 heteroatoms. The Balaban J connectivity index is 0.00000338. The molecule has 1 aliphatic heterocycles. The molecule has 0 bridgehead atoms. The van der Waals surface area contributed by atoms with Crippen molar-refractivity contribution in [3.8, 4) is 0 Å². The molecule has 0 atom stereocenters. The Labute approximate surface area is 162 Å². The Kier molecular flexibility index (Phi) is 9.52. The minimum absolute atomic E-state index is 0. The molecule has 1 fully saturated rings. The van der Waals surface area contributed by atoms with Crippen molar-refractivity contribution in [3.63, 3.8) is 0 Å². The molecule has 148 valence electrons. The quantitative estimate of drug-likeness (QED) is 0.558. The third-order valence-corrected chi connectivity index (χ3v) is 5.60. The van der Waals surface area contributed by atoms with Crippen LogP contribution in [0.15, 0.2) is 29.2 Å². The standard InChI is InChI=1S/C17H28N4O3S.ClH/c1-14(2)20-25(23,24)16-6-3-5-15(13-16)17(22)19-7-4-10-21-11-8-18-9-12-21;/h3,5-6,13-14,18,20H,4,7-12H2,1-2H3,(H,19,22);1H. The van der Waals surface area contributed by atoms with Crippen LogP contribution in [-0.2, 0) is 10.0 Å². The molecule has 7 nitrogen and oxygen atoms in total. The van der Waals surface area contributed by atoms with Crippen molar-refractivity contribution in [2.75, 3.05) is 39.3 Å². The van der Waals surface area contributed by atoms with Crippen molar-refractivity contribution in [1.29, 1.82) is 0 Å². The van der Waals surface area contributed by atoms with Crippen molar-refractivity contribution in [2.24, 2.45) is 0 Å². The fourth-order valence-corrected chi connectivity index (χ4v) is 4.02. The lowest BCUT2D eigenvalue weighted by molar-refractivity contribution is 0.0951. The van der Waals surface area contributed by atoms with E-state index in [1.165, 1.54) is 12.1 Å². The molecular formula is C17H29ClN4O3S. The van der Waals surface area contributed by atoms with E-state index < -0.39 is 10.0 Å². The number of sulfonamides is 1. The summed E-state index contributed by atoms with van der Waals surface area (Å²) in [4.78, 5) is 14.7. The van der Waals surface area contributed by atoms with E-state index in [4.69, 9.17) is 0 Å². The average Bonchev–Trinajstić information content (AvgIpc) is 2.58. The van der Waals surface area contributed by atoms with E-state index in [2.05, 4.69) is 20.3 Å². The van der Waals surface area contributed by atoms with E-state index in [0.29, 0.717) is 12.1 Å². The van der Waals surface area contributed by atoms with Crippen molar-refractivity contribution in [2.45, 2.75) is 31.2 Å². The number of carbonyl (C=O) groups excluding carboxylic acids is 1. The van der Waals surface area contributed by atoms with Gasteiger partial charge in [0, 0.05) is 44.3 Å². The number of benzene rings is 1. The van der Waals surface area contributed by atoms with Gasteiger partial charge < -0.3 is 15.5 Å². The summed E-state index contributed by atoms with van der Waals surface area (Å²) >= 11 is 0. The van der Waals surface area contributed by atoms with E-state index >= 15 is 0 Å². The van der Waals surface area contributed by atoms with Crippen LogP contribution in [0, 0.1) is 0 Å². The van der Waals surface area contributed by atoms with Crippen LogP contribution in [-0.4, -0.2) is 64.5 Å². The van der Waals surface area contributed by atoms with Gasteiger partial charge in [0.15, 0.2) is 0 Å². The molecule has 1 heterocycles. The van der Waals surface area contributed by atoms with E-state index in [9.17, 15) is 13.2 Å². The van der Waals surface area contributed by atoms with Crippen LogP contribution in [0.1, 0.15) is 30.6 Å². The largest absolute Gasteiger partial charge is 0.352 e. The van der Waals surface area contributed by atoms with Crippen LogP contribution in [0.25, 0.3) is 0 Å². The normalized spacial score (nSPS) is 15.5. The average molecular weight is 405 g/mol. The van der Waals surface area contributed by atoms with Gasteiger partial charge in [0.2, 0.25) is 10.0 Å². The first-order valence-electron chi connectivity index (χ1n) is 8.72. The van der Waals surface area contributed by atoms with Crippen LogP contribution in [0.5, 0.6) is 0 Å². The first-order valence-corrected chi connectivity index (χ1v) is 10.2. The van der Waals surface area contributed by atoms with Crippen LogP contribution >= 0.6 is 12.4 Å². The van der Waals surface area contributed by atoms with Gasteiger partial charge in [-0.05, 0) is 45.0 Å². The summed E-state index contributed by atoms with van der Waals surface area (Å²) < 4.78 is 26.9. The highest BCUT2D eigenvalue weighted by Crippen LogP contribution is 2.12. The topological polar surface area (TPSA) is 90.5 Å². The Hall–Kier alpha value is -1.19. The van der Waals surface area contributed by atoms with Crippen molar-refractivity contribution < 1.29 is 13.2 Å². The number of nitrogens with one attached hydrogen (secondary N) is 3. The number of rotatable bonds is 8. The van der Waals surface area contributed by atoms with Gasteiger partial charge in [0.1, 0.15) is 0 Å². The molecule has 1 aromatic rings. The number of hydrogen-bond acceptors (Lipinski definition) is 5. The van der Waals surface area contributed by atoms with Crippen molar-refractivity contribution >= 4 is 28.3 Å². The summed E-state index contributed by atoms with van der Waals surface area (Å²) in [5.41, 5.74) is 0.355. The second-order valence-electron chi connectivity index (χ2n) is 6.50. The second-order valence-corrected chi connectivity index (χ2v) is 8.22. The number of nitrogens with zero attached hydrogens (tertiary/aromatic N) is 1. The predicted octanol–water partition coefficient (Wildman–Crippen LogP) is 0.820. The van der Waals surface area contributed by atoms with Gasteiger partial charge in [0.25, 0.3) is 5.91 Å². The monoisotopic (exact) mass is 404 g/mol. The molecule has 26 heavy (non-hydrogen) atoms. The molecule has 0 aromatic heterocycles. The molecule has 0 unspecified atom stereocenters. The van der Waals surface area contributed by atoms with Crippen LogP contribution in [0.2, 0.25) is 0 Å². The van der Waals surface area contributed by atoms with Gasteiger partial charge in [0.05, 0.1) is 4.90 Å². The first kappa shape index (κ1) is 22.9. The molecule has 3 N–H and O–H groups in total. The Morgan fingerprint density at radius 2 is 1.96 bits per heavy atom. The van der Waals surface area contributed by atoms with E-state index in [1.807, 2.05) is 0 Å². The number of hydrogen-bond donors (Lipinski definition) is 3. The smallest absolute Gasteiger partial charge is 0.251 e. The first-order chi connectivity index (χ1) is 11.9. The zero-order valence-electron chi connectivity index (χ0n) is 15.3. The molecule has 0 saturated carbocycles. The Morgan fingerprint density at radius 1 is 1.27 bits per heavy atom. The Bertz CT molecular complexity index is 676. The fourth-order valence-electron chi connectivity index (χ4n) is 2.72. The molecule has 1 aliphatic rings. The number of amides is 1. The molecule has 0 aliphatic carbocycles. The maximum atomic E-state index is 12.2. The van der Waals surface area contributed by atoms with E-state index in [1.54, 1.807) is 26.0 Å². The van der Waals surface area contributed by atoms with Crippen LogP contribution in [0.4, 0.5) is 0 Å². The molecule has 2 rings (SSSR count). The van der Waals surface area contributed by atoms with Crippen molar-refractivity contribution in [1.82, 2.24) is 20.3 Å². The van der Waals surface area contributed by atoms with Gasteiger partial charge in [-0.3, -0.25) is 4.79 Å². The number of carbonyl (C=O) groups is 1. The van der Waals surface area contributed by atoms with Crippen molar-refractivity contribution in [3.05, 3.63) is 29.8 Å². The van der Waals surface area contributed by atoms with Gasteiger partial charge >= 0.3 is 0 Å². The minimum Gasteiger partial charge on any atom is -0.352 e. The van der Waals surface area contributed by atoms with Crippen LogP contribution in [0.3, 0.4) is 0 Å². The summed E-state index contributed by atoms with van der Waals surface area (Å²) in [6, 6.07) is 5.92. The zero-order chi connectivity index (χ0) is 18.3. The lowest BCUT2D eigenvalue weighted by atomic mass is 10.2. The lowest BCUT2D eigenvalue weighted by Crippen LogP contribution is -2.44. The Morgan fingerprint density at radius 3 is 2.62 bits per heavy atom. The van der Waals surface area contributed by atoms with Gasteiger partial charge in [-0.1, -0.05) is 6.07 Å². The lowest BCUT2D eigenvalue weighted by Gasteiger charge is -2.27. The van der Waals surface area contributed by atoms with Gasteiger partial charge in [-0.2, -0.15) is 0 Å². The zero-order valence-corrected chi connectivity index (χ0v) is 17.0. The maximum absolute atomic E-state index is 12.2. The van der Waals surface area contributed by atoms with E-state index in [-0.39, 0.29) is 29.3 Å². The molecule has 0 radical (unpaired) electrons. The maximum Gasteiger partial charge on any atom is 0.251 e. The van der Waals surface area contributed by atoms with Gasteiger partial charge in [-0.15, -0.1) is 12.4 Å². The highest BCUT2D eigenvalue weighted by atomic mass is 35.5. The SMILES string of the molecule is CC(C)NS(=O)(=O)c1cccc(C(=O)NCCCN2CCNCC2)c1.Cl. The minimum atomic E-state index is -3.60. The highest BCUT2D eigenvalue weighted by Gasteiger charge is 2.17. The predicted molar refractivity (Wildman–Crippen MR) is 105 cm³/mol. The van der Waals surface area contributed by atoms with E-state index in [0.717, 1.165) is 39.1 Å². The molecule has 1 amide bonds. The number of halogens is 1. The third kappa shape index (κ3) is 7.20. The summed E-state index contributed by atoms with van der Waals surface area (Å²) in [5, 5.41) is 6.17. The summed E-state index contributed by atoms with van der Waals surface area (Å²) in [6.07, 6.45) is 0.874. The number of piperazine rings is 1. The fraction of sp³-hybridized carbons (Fsp3) is 0.588. The van der Waals surface area contributed by atoms with Crippen LogP contribution < -0.4 is 15.4 Å². The molecular weight excluding hydrogens is 376 g/mol. The summed E-state index contributed by atoms with van der Waals surface area (Å²) in [6.45, 7) is 9.14. The summed E-state index contributed by atoms with van der Waals surface area (Å²) in [7, 11) is -3.60. The summed E-state index contributed by atoms with van der Waals surface area (Å²) in [5.74, 6) is -0.248. The van der Waals surface area contributed by atoms with Gasteiger partial charge in [-0.25, -0.2) is 13.1 Å².